The van der Waals surface area contributed by atoms with Crippen molar-refractivity contribution in [3.8, 4) is 0 Å². The Morgan fingerprint density at radius 1 is 1.12 bits per heavy atom. The molecule has 3 fully saturated rings. The van der Waals surface area contributed by atoms with Crippen LogP contribution in [0.2, 0.25) is 0 Å². The van der Waals surface area contributed by atoms with Crippen LogP contribution in [0.1, 0.15) is 64.0 Å². The number of nitrogens with zero attached hydrogens (tertiary/aromatic N) is 3. The first-order valence-electron chi connectivity index (χ1n) is 16.9. The Balaban J connectivity index is 1.23. The molecule has 2 saturated carbocycles. The third kappa shape index (κ3) is 6.98. The van der Waals surface area contributed by atoms with Crippen LogP contribution < -0.4 is 15.4 Å². The molecule has 4 amide bonds. The molecule has 0 bridgehead atoms. The van der Waals surface area contributed by atoms with E-state index in [0.717, 1.165) is 0 Å². The molecular weight excluding hydrogens is 667 g/mol. The second-order valence-electron chi connectivity index (χ2n) is 14.0. The number of likely N-dealkylation sites (tertiary alicyclic amines) is 1. The lowest BCUT2D eigenvalue weighted by Gasteiger charge is -2.32. The van der Waals surface area contributed by atoms with Gasteiger partial charge in [0, 0.05) is 24.2 Å². The summed E-state index contributed by atoms with van der Waals surface area (Å²) in [7, 11) is -3.88. The molecule has 0 unspecified atom stereocenters. The zero-order valence-electron chi connectivity index (χ0n) is 28.1. The fourth-order valence-corrected chi connectivity index (χ4v) is 8.30. The van der Waals surface area contributed by atoms with Gasteiger partial charge in [-0.3, -0.25) is 24.0 Å². The van der Waals surface area contributed by atoms with Crippen molar-refractivity contribution < 1.29 is 36.7 Å². The number of anilines is 1. The Morgan fingerprint density at radius 3 is 2.50 bits per heavy atom. The van der Waals surface area contributed by atoms with Crippen molar-refractivity contribution >= 4 is 45.2 Å². The van der Waals surface area contributed by atoms with E-state index in [9.17, 15) is 32.0 Å². The average molecular weight is 709 g/mol. The predicted octanol–water partition coefficient (Wildman–Crippen LogP) is 3.83. The van der Waals surface area contributed by atoms with E-state index in [4.69, 9.17) is 11.3 Å². The maximum atomic E-state index is 14.4. The van der Waals surface area contributed by atoms with Crippen LogP contribution in [0.25, 0.3) is 4.85 Å². The van der Waals surface area contributed by atoms with E-state index in [2.05, 4.69) is 20.2 Å². The number of rotatable bonds is 11. The second kappa shape index (κ2) is 13.5. The van der Waals surface area contributed by atoms with Gasteiger partial charge in [0.15, 0.2) is 5.69 Å². The minimum atomic E-state index is -3.88. The highest BCUT2D eigenvalue weighted by molar-refractivity contribution is 7.91. The van der Waals surface area contributed by atoms with Gasteiger partial charge in [-0.25, -0.2) is 22.4 Å². The first-order valence-corrected chi connectivity index (χ1v) is 18.4. The Bertz CT molecular complexity index is 1860. The van der Waals surface area contributed by atoms with Crippen LogP contribution in [0.15, 0.2) is 42.5 Å². The lowest BCUT2D eigenvalue weighted by atomic mass is 10.0. The molecule has 1 saturated heterocycles. The summed E-state index contributed by atoms with van der Waals surface area (Å²) in [4.78, 5) is 61.3. The van der Waals surface area contributed by atoms with E-state index in [1.165, 1.54) is 15.9 Å². The fourth-order valence-electron chi connectivity index (χ4n) is 6.93. The number of nitrogens with one attached hydrogen (secondary N) is 3. The highest BCUT2D eigenvalue weighted by Gasteiger charge is 2.62. The lowest BCUT2D eigenvalue weighted by molar-refractivity contribution is -0.140. The van der Waals surface area contributed by atoms with Gasteiger partial charge in [0.05, 0.1) is 24.9 Å². The van der Waals surface area contributed by atoms with Crippen LogP contribution in [0.4, 0.5) is 20.6 Å². The number of benzene rings is 2. The molecular formula is C35H41FN6O7S. The molecule has 3 N–H and O–H groups in total. The smallest absolute Gasteiger partial charge is 0.410 e. The second-order valence-corrected chi connectivity index (χ2v) is 15.9. The predicted molar refractivity (Wildman–Crippen MR) is 180 cm³/mol. The SMILES string of the molecule is [C-]#[N+]c1cccc(N[C@H](C(=O)N2C[C@H](OC(=O)N3Cc4cccc(F)c4C3)C[C@H]2C(=O)N[C@]2(C(=O)NS(=O)(=O)C3CC3)C[C@H]2CC)C(C)C)c1. The number of fused-ring (bicyclic) bond motifs is 1. The molecule has 13 nitrogen and oxygen atoms in total. The minimum Gasteiger partial charge on any atom is -0.444 e. The quantitative estimate of drug-likeness (QED) is 0.297. The number of carbonyl (C=O) groups excluding carboxylic acids is 4. The van der Waals surface area contributed by atoms with Crippen LogP contribution >= 0.6 is 0 Å². The molecule has 15 heteroatoms. The minimum absolute atomic E-state index is 0.0168. The third-order valence-corrected chi connectivity index (χ3v) is 11.9. The molecule has 2 aliphatic heterocycles. The highest BCUT2D eigenvalue weighted by Crippen LogP contribution is 2.47. The summed E-state index contributed by atoms with van der Waals surface area (Å²) in [5.74, 6) is -2.93. The molecule has 4 aliphatic rings. The van der Waals surface area contributed by atoms with Crippen LogP contribution in [-0.2, 0) is 42.2 Å². The van der Waals surface area contributed by atoms with Gasteiger partial charge in [0.2, 0.25) is 21.8 Å². The molecule has 266 valence electrons. The Labute approximate surface area is 290 Å². The normalized spacial score (nSPS) is 24.6. The van der Waals surface area contributed by atoms with Crippen LogP contribution in [0.3, 0.4) is 0 Å². The van der Waals surface area contributed by atoms with E-state index in [-0.39, 0.29) is 44.3 Å². The number of carbonyl (C=O) groups is 4. The maximum absolute atomic E-state index is 14.4. The molecule has 5 atom stereocenters. The first-order chi connectivity index (χ1) is 23.8. The number of ether oxygens (including phenoxy) is 1. The van der Waals surface area contributed by atoms with Gasteiger partial charge in [0.25, 0.3) is 5.91 Å². The summed E-state index contributed by atoms with van der Waals surface area (Å²) in [6.07, 6.45) is -0.0373. The van der Waals surface area contributed by atoms with Crippen molar-refractivity contribution in [2.45, 2.75) is 94.9 Å². The number of halogens is 1. The average Bonchev–Trinajstić information content (AvgIpc) is 3.97. The Morgan fingerprint density at radius 2 is 1.86 bits per heavy atom. The summed E-state index contributed by atoms with van der Waals surface area (Å²) in [5.41, 5.74) is 0.517. The number of hydrogen-bond acceptors (Lipinski definition) is 8. The molecule has 50 heavy (non-hydrogen) atoms. The van der Waals surface area contributed by atoms with Crippen molar-refractivity contribution in [2.24, 2.45) is 11.8 Å². The summed E-state index contributed by atoms with van der Waals surface area (Å²) in [6, 6.07) is 9.29. The fraction of sp³-hybridized carbons (Fsp3) is 0.514. The van der Waals surface area contributed by atoms with Gasteiger partial charge in [0.1, 0.15) is 29.5 Å². The third-order valence-electron chi connectivity index (χ3n) is 10.1. The number of amides is 4. The maximum Gasteiger partial charge on any atom is 0.410 e. The molecule has 0 aromatic heterocycles. The van der Waals surface area contributed by atoms with E-state index >= 15 is 0 Å². The van der Waals surface area contributed by atoms with Gasteiger partial charge in [-0.2, -0.15) is 0 Å². The van der Waals surface area contributed by atoms with Gasteiger partial charge in [-0.05, 0) is 54.9 Å². The standard InChI is InChI=1S/C35H41FN6O7S/c1-5-22-16-35(22,33(45)40-50(47,48)26-12-13-26)39-31(43)29-15-25(49-34(46)41-17-21-8-6-11-28(36)27(21)19-41)18-42(29)32(44)30(20(2)3)38-24-10-7-9-23(14-24)37-4/h6-11,14,20,22,25-26,29-30,38H,5,12-13,15-19H2,1-3H3,(H,39,43)(H,40,45)/t22-,25-,29+,30+,35-/m1/s1. The van der Waals surface area contributed by atoms with E-state index < -0.39 is 68.6 Å². The van der Waals surface area contributed by atoms with Crippen molar-refractivity contribution in [3.05, 3.63) is 70.8 Å². The molecule has 2 aromatic rings. The number of hydrogen-bond donors (Lipinski definition) is 3. The van der Waals surface area contributed by atoms with Crippen LogP contribution in [0, 0.1) is 24.2 Å². The Hall–Kier alpha value is -4.71. The molecule has 2 heterocycles. The van der Waals surface area contributed by atoms with Gasteiger partial charge < -0.3 is 20.3 Å². The van der Waals surface area contributed by atoms with Crippen molar-refractivity contribution in [1.82, 2.24) is 19.8 Å². The molecule has 6 rings (SSSR count). The summed E-state index contributed by atoms with van der Waals surface area (Å²) < 4.78 is 47.7. The monoisotopic (exact) mass is 708 g/mol. The van der Waals surface area contributed by atoms with Crippen LogP contribution in [0.5, 0.6) is 0 Å². The zero-order valence-corrected chi connectivity index (χ0v) is 29.0. The molecule has 2 aromatic carbocycles. The van der Waals surface area contributed by atoms with Gasteiger partial charge in [-0.15, -0.1) is 0 Å². The highest BCUT2D eigenvalue weighted by atomic mass is 32.2. The molecule has 0 radical (unpaired) electrons. The molecule has 0 spiro atoms. The van der Waals surface area contributed by atoms with Crippen molar-refractivity contribution in [1.29, 1.82) is 0 Å². The topological polar surface area (TPSA) is 159 Å². The van der Waals surface area contributed by atoms with Crippen molar-refractivity contribution in [3.63, 3.8) is 0 Å². The zero-order chi connectivity index (χ0) is 36.0. The lowest BCUT2D eigenvalue weighted by Crippen LogP contribution is -2.58. The largest absolute Gasteiger partial charge is 0.444 e. The van der Waals surface area contributed by atoms with Gasteiger partial charge >= 0.3 is 6.09 Å². The van der Waals surface area contributed by atoms with E-state index in [1.807, 2.05) is 20.8 Å². The summed E-state index contributed by atoms with van der Waals surface area (Å²) >= 11 is 0. The van der Waals surface area contributed by atoms with Gasteiger partial charge in [-0.1, -0.05) is 51.5 Å². The number of sulfonamides is 1. The van der Waals surface area contributed by atoms with Crippen LogP contribution in [-0.4, -0.2) is 77.6 Å². The van der Waals surface area contributed by atoms with Crippen molar-refractivity contribution in [2.75, 3.05) is 11.9 Å². The van der Waals surface area contributed by atoms with E-state index in [0.29, 0.717) is 41.8 Å². The summed E-state index contributed by atoms with van der Waals surface area (Å²) in [5, 5.41) is 5.36. The Kier molecular flexibility index (Phi) is 9.51. The molecule has 2 aliphatic carbocycles. The first kappa shape index (κ1) is 35.1. The van der Waals surface area contributed by atoms with E-state index in [1.54, 1.807) is 36.4 Å². The summed E-state index contributed by atoms with van der Waals surface area (Å²) in [6.45, 7) is 12.9.